The van der Waals surface area contributed by atoms with Crippen LogP contribution >= 0.6 is 0 Å². The first kappa shape index (κ1) is 18.7. The predicted molar refractivity (Wildman–Crippen MR) is 111 cm³/mol. The highest BCUT2D eigenvalue weighted by Crippen LogP contribution is 2.34. The van der Waals surface area contributed by atoms with E-state index in [9.17, 15) is 4.39 Å². The molecule has 2 aromatic heterocycles. The third kappa shape index (κ3) is 3.35. The van der Waals surface area contributed by atoms with Gasteiger partial charge in [0.15, 0.2) is 5.65 Å². The molecule has 0 aliphatic rings. The minimum atomic E-state index is -0.274. The maximum Gasteiger partial charge on any atom is 0.150 e. The van der Waals surface area contributed by atoms with E-state index in [-0.39, 0.29) is 5.82 Å². The van der Waals surface area contributed by atoms with Gasteiger partial charge in [-0.2, -0.15) is 0 Å². The molecule has 2 heterocycles. The van der Waals surface area contributed by atoms with Crippen LogP contribution in [-0.4, -0.2) is 28.8 Å². The molecule has 0 saturated carbocycles. The minimum Gasteiger partial charge on any atom is -0.497 e. The van der Waals surface area contributed by atoms with Crippen molar-refractivity contribution in [2.24, 2.45) is 0 Å². The number of benzene rings is 2. The molecule has 1 N–H and O–H groups in total. The number of aryl methyl sites for hydroxylation is 1. The van der Waals surface area contributed by atoms with Crippen LogP contribution in [0.1, 0.15) is 11.3 Å². The third-order valence-electron chi connectivity index (χ3n) is 4.99. The fraction of sp³-hybridized carbons (Fsp3) is 0.182. The second kappa shape index (κ2) is 7.43. The molecular weight excluding hydrogens is 371 g/mol. The van der Waals surface area contributed by atoms with Gasteiger partial charge in [0.1, 0.15) is 29.5 Å². The number of rotatable bonds is 5. The summed E-state index contributed by atoms with van der Waals surface area (Å²) in [6.07, 6.45) is 1.51. The van der Waals surface area contributed by atoms with E-state index in [1.807, 2.05) is 30.5 Å². The minimum absolute atomic E-state index is 0.274. The number of nitrogens with one attached hydrogen (secondary N) is 1. The third-order valence-corrected chi connectivity index (χ3v) is 4.99. The zero-order chi connectivity index (χ0) is 20.5. The Morgan fingerprint density at radius 1 is 0.931 bits per heavy atom. The maximum atomic E-state index is 13.4. The quantitative estimate of drug-likeness (QED) is 0.521. The largest absolute Gasteiger partial charge is 0.497 e. The SMILES string of the molecule is COc1cc(Nc2ncnc3c2c(C)c(C)n3-c2ccc(F)cc2)cc(OC)c1. The molecule has 0 fully saturated rings. The summed E-state index contributed by atoms with van der Waals surface area (Å²) < 4.78 is 26.1. The number of hydrogen-bond acceptors (Lipinski definition) is 5. The van der Waals surface area contributed by atoms with Crippen molar-refractivity contribution in [3.63, 3.8) is 0 Å². The monoisotopic (exact) mass is 392 g/mol. The molecule has 0 spiro atoms. The van der Waals surface area contributed by atoms with Crippen LogP contribution in [0.3, 0.4) is 0 Å². The summed E-state index contributed by atoms with van der Waals surface area (Å²) >= 11 is 0. The van der Waals surface area contributed by atoms with Crippen molar-refractivity contribution in [1.29, 1.82) is 0 Å². The zero-order valence-electron chi connectivity index (χ0n) is 16.7. The normalized spacial score (nSPS) is 10.9. The second-order valence-corrected chi connectivity index (χ2v) is 6.67. The Morgan fingerprint density at radius 3 is 2.21 bits per heavy atom. The Labute approximate surface area is 167 Å². The van der Waals surface area contributed by atoms with Crippen LogP contribution in [0.2, 0.25) is 0 Å². The fourth-order valence-corrected chi connectivity index (χ4v) is 3.42. The van der Waals surface area contributed by atoms with Gasteiger partial charge in [0, 0.05) is 35.3 Å². The average Bonchev–Trinajstić information content (AvgIpc) is 2.99. The van der Waals surface area contributed by atoms with Crippen molar-refractivity contribution >= 4 is 22.5 Å². The van der Waals surface area contributed by atoms with Gasteiger partial charge < -0.3 is 14.8 Å². The van der Waals surface area contributed by atoms with E-state index < -0.39 is 0 Å². The Morgan fingerprint density at radius 2 is 1.59 bits per heavy atom. The van der Waals surface area contributed by atoms with Crippen molar-refractivity contribution < 1.29 is 13.9 Å². The van der Waals surface area contributed by atoms with Crippen LogP contribution in [0.15, 0.2) is 48.8 Å². The summed E-state index contributed by atoms with van der Waals surface area (Å²) in [5, 5.41) is 4.25. The van der Waals surface area contributed by atoms with Gasteiger partial charge in [0.25, 0.3) is 0 Å². The van der Waals surface area contributed by atoms with E-state index in [4.69, 9.17) is 9.47 Å². The molecule has 0 amide bonds. The molecule has 0 aliphatic carbocycles. The molecule has 2 aromatic carbocycles. The lowest BCUT2D eigenvalue weighted by atomic mass is 10.2. The van der Waals surface area contributed by atoms with Gasteiger partial charge in [-0.25, -0.2) is 14.4 Å². The van der Waals surface area contributed by atoms with Gasteiger partial charge in [0.05, 0.1) is 19.6 Å². The van der Waals surface area contributed by atoms with Gasteiger partial charge in [0.2, 0.25) is 0 Å². The summed E-state index contributed by atoms with van der Waals surface area (Å²) in [5.74, 6) is 1.75. The molecule has 0 bridgehead atoms. The number of nitrogens with zero attached hydrogens (tertiary/aromatic N) is 3. The van der Waals surface area contributed by atoms with E-state index in [0.717, 1.165) is 33.7 Å². The van der Waals surface area contributed by atoms with Gasteiger partial charge in [-0.05, 0) is 43.7 Å². The number of anilines is 2. The molecule has 29 heavy (non-hydrogen) atoms. The summed E-state index contributed by atoms with van der Waals surface area (Å²) in [6, 6.07) is 11.9. The molecular formula is C22H21FN4O2. The highest BCUT2D eigenvalue weighted by molar-refractivity contribution is 5.94. The van der Waals surface area contributed by atoms with Gasteiger partial charge in [-0.1, -0.05) is 0 Å². The summed E-state index contributed by atoms with van der Waals surface area (Å²) in [7, 11) is 3.22. The van der Waals surface area contributed by atoms with Gasteiger partial charge in [-0.15, -0.1) is 0 Å². The Hall–Kier alpha value is -3.61. The predicted octanol–water partition coefficient (Wildman–Crippen LogP) is 4.94. The zero-order valence-corrected chi connectivity index (χ0v) is 16.7. The first-order valence-electron chi connectivity index (χ1n) is 9.10. The van der Waals surface area contributed by atoms with Crippen molar-refractivity contribution in [2.75, 3.05) is 19.5 Å². The smallest absolute Gasteiger partial charge is 0.150 e. The van der Waals surface area contributed by atoms with Crippen LogP contribution in [0, 0.1) is 19.7 Å². The summed E-state index contributed by atoms with van der Waals surface area (Å²) in [6.45, 7) is 4.04. The van der Waals surface area contributed by atoms with Gasteiger partial charge in [-0.3, -0.25) is 4.57 Å². The van der Waals surface area contributed by atoms with Crippen LogP contribution in [0.25, 0.3) is 16.7 Å². The number of aromatic nitrogens is 3. The number of ether oxygens (including phenoxy) is 2. The van der Waals surface area contributed by atoms with Crippen LogP contribution < -0.4 is 14.8 Å². The molecule has 0 unspecified atom stereocenters. The first-order valence-corrected chi connectivity index (χ1v) is 9.10. The van der Waals surface area contributed by atoms with Crippen molar-refractivity contribution in [3.8, 4) is 17.2 Å². The molecule has 7 heteroatoms. The van der Waals surface area contributed by atoms with E-state index >= 15 is 0 Å². The molecule has 0 atom stereocenters. The van der Waals surface area contributed by atoms with E-state index in [2.05, 4.69) is 15.3 Å². The lowest BCUT2D eigenvalue weighted by Crippen LogP contribution is -2.00. The molecule has 148 valence electrons. The Balaban J connectivity index is 1.85. The van der Waals surface area contributed by atoms with Crippen molar-refractivity contribution in [2.45, 2.75) is 13.8 Å². The molecule has 0 saturated heterocycles. The molecule has 0 radical (unpaired) electrons. The Kier molecular flexibility index (Phi) is 4.80. The number of halogens is 1. The average molecular weight is 392 g/mol. The van der Waals surface area contributed by atoms with Crippen molar-refractivity contribution in [3.05, 3.63) is 65.9 Å². The molecule has 4 rings (SSSR count). The van der Waals surface area contributed by atoms with Gasteiger partial charge >= 0.3 is 0 Å². The van der Waals surface area contributed by atoms with Crippen molar-refractivity contribution in [1.82, 2.24) is 14.5 Å². The number of methoxy groups -OCH3 is 2. The lowest BCUT2D eigenvalue weighted by Gasteiger charge is -2.11. The Bertz CT molecular complexity index is 1160. The van der Waals surface area contributed by atoms with Crippen LogP contribution in [0.4, 0.5) is 15.9 Å². The molecule has 0 aliphatic heterocycles. The van der Waals surface area contributed by atoms with Crippen LogP contribution in [0.5, 0.6) is 11.5 Å². The maximum absolute atomic E-state index is 13.4. The molecule has 6 nitrogen and oxygen atoms in total. The molecule has 4 aromatic rings. The van der Waals surface area contributed by atoms with E-state index in [0.29, 0.717) is 17.3 Å². The highest BCUT2D eigenvalue weighted by Gasteiger charge is 2.18. The first-order chi connectivity index (χ1) is 14.0. The summed E-state index contributed by atoms with van der Waals surface area (Å²) in [4.78, 5) is 8.96. The van der Waals surface area contributed by atoms with Crippen LogP contribution in [-0.2, 0) is 0 Å². The highest BCUT2D eigenvalue weighted by atomic mass is 19.1. The topological polar surface area (TPSA) is 61.2 Å². The fourth-order valence-electron chi connectivity index (χ4n) is 3.42. The number of hydrogen-bond donors (Lipinski definition) is 1. The lowest BCUT2D eigenvalue weighted by molar-refractivity contribution is 0.395. The van der Waals surface area contributed by atoms with E-state index in [1.54, 1.807) is 32.4 Å². The number of fused-ring (bicyclic) bond motifs is 1. The van der Waals surface area contributed by atoms with E-state index in [1.165, 1.54) is 18.5 Å². The summed E-state index contributed by atoms with van der Waals surface area (Å²) in [5.41, 5.74) is 4.43. The second-order valence-electron chi connectivity index (χ2n) is 6.67. The standard InChI is InChI=1S/C22H21FN4O2/c1-13-14(2)27(17-7-5-15(23)6-8-17)22-20(13)21(24-12-25-22)26-16-9-18(28-3)11-19(10-16)29-4/h5-12H,1-4H3,(H,24,25,26).